The summed E-state index contributed by atoms with van der Waals surface area (Å²) in [6, 6.07) is 9.71. The molecule has 1 heterocycles. The van der Waals surface area contributed by atoms with Gasteiger partial charge < -0.3 is 4.98 Å². The molecule has 1 N–H and O–H groups in total. The fourth-order valence-corrected chi connectivity index (χ4v) is 2.86. The van der Waals surface area contributed by atoms with Gasteiger partial charge in [0.25, 0.3) is 5.56 Å². The summed E-state index contributed by atoms with van der Waals surface area (Å²) in [5.41, 5.74) is 1.12. The summed E-state index contributed by atoms with van der Waals surface area (Å²) in [6.07, 6.45) is 0. The van der Waals surface area contributed by atoms with Crippen LogP contribution in [0.2, 0.25) is 5.15 Å². The lowest BCUT2D eigenvalue weighted by molar-refractivity contribution is 0.0980. The molecule has 3 aromatic rings. The molecular formula is C16H7ClN2O3. The second-order valence-electron chi connectivity index (χ2n) is 4.94. The molecule has 0 saturated carbocycles. The SMILES string of the molecule is O=C1c2ccccc2C(=O)c2c1ccc1nc(Cl)c(=O)[nH]c21. The number of carbonyl (C=O) groups excluding carboxylic acids is 2. The van der Waals surface area contributed by atoms with Crippen molar-refractivity contribution in [3.63, 3.8) is 0 Å². The normalized spacial score (nSPS) is 13.1. The van der Waals surface area contributed by atoms with Crippen LogP contribution in [0.5, 0.6) is 0 Å². The molecule has 0 fully saturated rings. The van der Waals surface area contributed by atoms with Crippen LogP contribution in [0.4, 0.5) is 0 Å². The molecule has 0 aliphatic heterocycles. The number of aromatic nitrogens is 2. The van der Waals surface area contributed by atoms with Crippen LogP contribution in [0, 0.1) is 0 Å². The summed E-state index contributed by atoms with van der Waals surface area (Å²) >= 11 is 5.71. The lowest BCUT2D eigenvalue weighted by Crippen LogP contribution is -2.22. The predicted octanol–water partition coefficient (Wildman–Crippen LogP) is 2.35. The third kappa shape index (κ3) is 1.60. The van der Waals surface area contributed by atoms with Gasteiger partial charge in [-0.25, -0.2) is 4.98 Å². The van der Waals surface area contributed by atoms with E-state index in [1.54, 1.807) is 30.3 Å². The van der Waals surface area contributed by atoms with Crippen molar-refractivity contribution in [2.45, 2.75) is 0 Å². The summed E-state index contributed by atoms with van der Waals surface area (Å²) in [4.78, 5) is 43.5. The van der Waals surface area contributed by atoms with Gasteiger partial charge in [-0.05, 0) is 12.1 Å². The van der Waals surface area contributed by atoms with Crippen LogP contribution in [0.15, 0.2) is 41.2 Å². The number of ketones is 2. The minimum atomic E-state index is -0.596. The van der Waals surface area contributed by atoms with E-state index in [9.17, 15) is 14.4 Å². The Morgan fingerprint density at radius 2 is 1.55 bits per heavy atom. The van der Waals surface area contributed by atoms with Crippen molar-refractivity contribution < 1.29 is 9.59 Å². The molecule has 5 nitrogen and oxygen atoms in total. The van der Waals surface area contributed by atoms with E-state index in [1.807, 2.05) is 0 Å². The Bertz CT molecular complexity index is 1050. The zero-order chi connectivity index (χ0) is 15.4. The number of rotatable bonds is 0. The van der Waals surface area contributed by atoms with E-state index in [1.165, 1.54) is 6.07 Å². The average molecular weight is 311 g/mol. The second kappa shape index (κ2) is 4.35. The number of halogens is 1. The number of hydrogen-bond donors (Lipinski definition) is 1. The van der Waals surface area contributed by atoms with Crippen molar-refractivity contribution in [2.75, 3.05) is 0 Å². The van der Waals surface area contributed by atoms with Gasteiger partial charge in [0.1, 0.15) is 0 Å². The minimum absolute atomic E-state index is 0.169. The quantitative estimate of drug-likeness (QED) is 0.540. The van der Waals surface area contributed by atoms with Crippen molar-refractivity contribution in [1.29, 1.82) is 0 Å². The Balaban J connectivity index is 2.15. The molecule has 0 saturated heterocycles. The minimum Gasteiger partial charge on any atom is -0.317 e. The van der Waals surface area contributed by atoms with Gasteiger partial charge in [0.2, 0.25) is 0 Å². The van der Waals surface area contributed by atoms with E-state index >= 15 is 0 Å². The van der Waals surface area contributed by atoms with Crippen molar-refractivity contribution in [3.8, 4) is 0 Å². The molecule has 2 aromatic carbocycles. The first-order valence-electron chi connectivity index (χ1n) is 6.49. The fraction of sp³-hybridized carbons (Fsp3) is 0. The number of carbonyl (C=O) groups is 2. The largest absolute Gasteiger partial charge is 0.317 e. The van der Waals surface area contributed by atoms with E-state index in [0.29, 0.717) is 16.6 Å². The van der Waals surface area contributed by atoms with E-state index in [-0.39, 0.29) is 33.4 Å². The smallest absolute Gasteiger partial charge is 0.286 e. The predicted molar refractivity (Wildman–Crippen MR) is 80.7 cm³/mol. The van der Waals surface area contributed by atoms with E-state index in [2.05, 4.69) is 9.97 Å². The van der Waals surface area contributed by atoms with Gasteiger partial charge in [-0.15, -0.1) is 0 Å². The number of H-pyrrole nitrogens is 1. The Hall–Kier alpha value is -2.79. The molecule has 22 heavy (non-hydrogen) atoms. The lowest BCUT2D eigenvalue weighted by atomic mass is 9.83. The van der Waals surface area contributed by atoms with Crippen LogP contribution in [0.25, 0.3) is 11.0 Å². The molecule has 0 unspecified atom stereocenters. The van der Waals surface area contributed by atoms with E-state index in [4.69, 9.17) is 11.6 Å². The van der Waals surface area contributed by atoms with E-state index in [0.717, 1.165) is 0 Å². The standard InChI is InChI=1S/C16H7ClN2O3/c17-15-16(22)19-12-10(18-15)6-5-9-11(12)14(21)8-4-2-1-3-7(8)13(9)20/h1-6H,(H,19,22). The molecule has 1 aliphatic carbocycles. The Morgan fingerprint density at radius 1 is 0.864 bits per heavy atom. The molecule has 0 bridgehead atoms. The molecule has 106 valence electrons. The van der Waals surface area contributed by atoms with Crippen LogP contribution < -0.4 is 5.56 Å². The van der Waals surface area contributed by atoms with Crippen LogP contribution >= 0.6 is 11.6 Å². The molecule has 6 heteroatoms. The maximum atomic E-state index is 12.7. The maximum Gasteiger partial charge on any atom is 0.286 e. The van der Waals surface area contributed by atoms with Crippen molar-refractivity contribution in [3.05, 3.63) is 74.2 Å². The van der Waals surface area contributed by atoms with Crippen LogP contribution in [0.3, 0.4) is 0 Å². The zero-order valence-corrected chi connectivity index (χ0v) is 11.8. The molecule has 0 amide bonds. The highest BCUT2D eigenvalue weighted by atomic mass is 35.5. The first kappa shape index (κ1) is 12.9. The van der Waals surface area contributed by atoms with Crippen LogP contribution in [-0.2, 0) is 0 Å². The highest BCUT2D eigenvalue weighted by Crippen LogP contribution is 2.30. The van der Waals surface area contributed by atoms with Gasteiger partial charge in [-0.2, -0.15) is 0 Å². The van der Waals surface area contributed by atoms with Crippen molar-refractivity contribution in [1.82, 2.24) is 9.97 Å². The first-order chi connectivity index (χ1) is 10.6. The van der Waals surface area contributed by atoms with Gasteiger partial charge in [0.15, 0.2) is 16.7 Å². The van der Waals surface area contributed by atoms with Crippen LogP contribution in [-0.4, -0.2) is 21.5 Å². The molecule has 1 aliphatic rings. The lowest BCUT2D eigenvalue weighted by Gasteiger charge is -2.18. The molecule has 0 radical (unpaired) electrons. The average Bonchev–Trinajstić information content (AvgIpc) is 2.53. The Morgan fingerprint density at radius 3 is 2.27 bits per heavy atom. The summed E-state index contributed by atoms with van der Waals surface area (Å²) in [6.45, 7) is 0. The van der Waals surface area contributed by atoms with Crippen molar-refractivity contribution >= 4 is 34.2 Å². The van der Waals surface area contributed by atoms with Crippen molar-refractivity contribution in [2.24, 2.45) is 0 Å². The molecule has 4 rings (SSSR count). The highest BCUT2D eigenvalue weighted by Gasteiger charge is 2.31. The summed E-state index contributed by atoms with van der Waals surface area (Å²) in [5, 5.41) is -0.206. The number of aromatic amines is 1. The van der Waals surface area contributed by atoms with Gasteiger partial charge in [0, 0.05) is 16.7 Å². The first-order valence-corrected chi connectivity index (χ1v) is 6.86. The van der Waals surface area contributed by atoms with Gasteiger partial charge in [-0.3, -0.25) is 14.4 Å². The van der Waals surface area contributed by atoms with Crippen LogP contribution in [0.1, 0.15) is 31.8 Å². The number of hydrogen-bond acceptors (Lipinski definition) is 4. The summed E-state index contributed by atoms with van der Waals surface area (Å²) < 4.78 is 0. The summed E-state index contributed by atoms with van der Waals surface area (Å²) in [7, 11) is 0. The number of benzene rings is 2. The molecular weight excluding hydrogens is 304 g/mol. The molecule has 0 spiro atoms. The number of nitrogens with one attached hydrogen (secondary N) is 1. The third-order valence-corrected chi connectivity index (χ3v) is 3.97. The highest BCUT2D eigenvalue weighted by molar-refractivity contribution is 6.32. The van der Waals surface area contributed by atoms with Gasteiger partial charge >= 0.3 is 0 Å². The van der Waals surface area contributed by atoms with Gasteiger partial charge in [-0.1, -0.05) is 35.9 Å². The topological polar surface area (TPSA) is 79.9 Å². The summed E-state index contributed by atoms with van der Waals surface area (Å²) in [5.74, 6) is -0.557. The number of nitrogens with zero attached hydrogens (tertiary/aromatic N) is 1. The Labute approximate surface area is 128 Å². The maximum absolute atomic E-state index is 12.7. The zero-order valence-electron chi connectivity index (χ0n) is 11.0. The molecule has 1 aromatic heterocycles. The second-order valence-corrected chi connectivity index (χ2v) is 5.30. The monoisotopic (exact) mass is 310 g/mol. The molecule has 0 atom stereocenters. The Kier molecular flexibility index (Phi) is 2.55. The number of fused-ring (bicyclic) bond motifs is 4. The van der Waals surface area contributed by atoms with Gasteiger partial charge in [0.05, 0.1) is 16.6 Å². The third-order valence-electron chi connectivity index (χ3n) is 3.72. The fourth-order valence-electron chi connectivity index (χ4n) is 2.72. The van der Waals surface area contributed by atoms with E-state index < -0.39 is 5.56 Å².